The zero-order chi connectivity index (χ0) is 14.5. The highest BCUT2D eigenvalue weighted by molar-refractivity contribution is 7.15. The van der Waals surface area contributed by atoms with Gasteiger partial charge in [-0.3, -0.25) is 0 Å². The second-order valence-corrected chi connectivity index (χ2v) is 7.40. The Bertz CT molecular complexity index is 408. The van der Waals surface area contributed by atoms with Gasteiger partial charge in [0.2, 0.25) is 0 Å². The van der Waals surface area contributed by atoms with Crippen LogP contribution in [0, 0.1) is 5.92 Å². The fourth-order valence-electron chi connectivity index (χ4n) is 2.57. The maximum Gasteiger partial charge on any atom is 0.185 e. The van der Waals surface area contributed by atoms with E-state index in [4.69, 9.17) is 4.98 Å². The first-order chi connectivity index (χ1) is 9.61. The molecule has 0 radical (unpaired) electrons. The molecule has 1 aliphatic rings. The summed E-state index contributed by atoms with van der Waals surface area (Å²) in [7, 11) is 0. The minimum atomic E-state index is 0.568. The van der Waals surface area contributed by atoms with Gasteiger partial charge in [0, 0.05) is 24.5 Å². The van der Waals surface area contributed by atoms with E-state index < -0.39 is 0 Å². The van der Waals surface area contributed by atoms with Crippen molar-refractivity contribution in [2.45, 2.75) is 59.4 Å². The lowest BCUT2D eigenvalue weighted by Crippen LogP contribution is -2.19. The van der Waals surface area contributed by atoms with E-state index in [0.717, 1.165) is 13.1 Å². The molecule has 1 fully saturated rings. The Kier molecular flexibility index (Phi) is 5.85. The first kappa shape index (κ1) is 15.8. The van der Waals surface area contributed by atoms with Crippen molar-refractivity contribution < 1.29 is 0 Å². The molecule has 1 saturated heterocycles. The van der Waals surface area contributed by atoms with Crippen molar-refractivity contribution in [3.05, 3.63) is 10.6 Å². The summed E-state index contributed by atoms with van der Waals surface area (Å²) in [4.78, 5) is 8.87. The molecular formula is C16H29N3S. The molecule has 2 rings (SSSR count). The third-order valence-electron chi connectivity index (χ3n) is 4.01. The fraction of sp³-hybridized carbons (Fsp3) is 0.812. The van der Waals surface area contributed by atoms with Crippen LogP contribution >= 0.6 is 11.3 Å². The molecule has 4 heteroatoms. The number of rotatable bonds is 7. The van der Waals surface area contributed by atoms with Gasteiger partial charge in [-0.25, -0.2) is 4.98 Å². The largest absolute Gasteiger partial charge is 0.348 e. The van der Waals surface area contributed by atoms with Crippen LogP contribution in [0.3, 0.4) is 0 Å². The predicted octanol–water partition coefficient (Wildman–Crippen LogP) is 4.00. The van der Waals surface area contributed by atoms with Gasteiger partial charge in [0.15, 0.2) is 5.13 Å². The van der Waals surface area contributed by atoms with E-state index in [1.54, 1.807) is 0 Å². The second-order valence-electron chi connectivity index (χ2n) is 6.33. The number of nitrogens with zero attached hydrogens (tertiary/aromatic N) is 2. The SMILES string of the molecule is CCC(C)c1nc(N2CCCC2)sc1CNCC(C)C. The van der Waals surface area contributed by atoms with Crippen LogP contribution in [0.15, 0.2) is 0 Å². The van der Waals surface area contributed by atoms with E-state index in [1.165, 1.54) is 48.1 Å². The van der Waals surface area contributed by atoms with Crippen molar-refractivity contribution in [3.63, 3.8) is 0 Å². The van der Waals surface area contributed by atoms with Gasteiger partial charge in [-0.15, -0.1) is 11.3 Å². The van der Waals surface area contributed by atoms with Gasteiger partial charge < -0.3 is 10.2 Å². The number of hydrogen-bond donors (Lipinski definition) is 1. The molecule has 0 spiro atoms. The summed E-state index contributed by atoms with van der Waals surface area (Å²) in [6.07, 6.45) is 3.80. The van der Waals surface area contributed by atoms with E-state index in [1.807, 2.05) is 11.3 Å². The summed E-state index contributed by atoms with van der Waals surface area (Å²) >= 11 is 1.90. The van der Waals surface area contributed by atoms with Crippen molar-refractivity contribution >= 4 is 16.5 Å². The normalized spacial score (nSPS) is 17.1. The topological polar surface area (TPSA) is 28.2 Å². The van der Waals surface area contributed by atoms with Gasteiger partial charge in [-0.1, -0.05) is 27.7 Å². The average Bonchev–Trinajstić information content (AvgIpc) is 3.06. The Morgan fingerprint density at radius 2 is 1.95 bits per heavy atom. The highest BCUT2D eigenvalue weighted by Gasteiger charge is 2.21. The maximum absolute atomic E-state index is 4.97. The monoisotopic (exact) mass is 295 g/mol. The Hall–Kier alpha value is -0.610. The van der Waals surface area contributed by atoms with Crippen LogP contribution in [0.4, 0.5) is 5.13 Å². The molecule has 1 aromatic rings. The van der Waals surface area contributed by atoms with Gasteiger partial charge in [0.25, 0.3) is 0 Å². The molecule has 0 amide bonds. The molecule has 0 aliphatic carbocycles. The number of anilines is 1. The molecule has 1 unspecified atom stereocenters. The molecular weight excluding hydrogens is 266 g/mol. The summed E-state index contributed by atoms with van der Waals surface area (Å²) in [6.45, 7) is 13.5. The molecule has 1 atom stereocenters. The number of aromatic nitrogens is 1. The standard InChI is InChI=1S/C16H29N3S/c1-5-13(4)15-14(11-17-10-12(2)3)20-16(18-15)19-8-6-7-9-19/h12-13,17H,5-11H2,1-4H3. The predicted molar refractivity (Wildman–Crippen MR) is 88.8 cm³/mol. The summed E-state index contributed by atoms with van der Waals surface area (Å²) in [5.41, 5.74) is 1.33. The van der Waals surface area contributed by atoms with Crippen LogP contribution in [0.5, 0.6) is 0 Å². The molecule has 0 saturated carbocycles. The van der Waals surface area contributed by atoms with Gasteiger partial charge in [-0.05, 0) is 37.6 Å². The molecule has 1 aromatic heterocycles. The molecule has 1 N–H and O–H groups in total. The lowest BCUT2D eigenvalue weighted by atomic mass is 10.0. The Balaban J connectivity index is 2.09. The zero-order valence-corrected chi connectivity index (χ0v) is 14.2. The molecule has 1 aliphatic heterocycles. The van der Waals surface area contributed by atoms with Crippen LogP contribution in [-0.2, 0) is 6.54 Å². The number of thiazole rings is 1. The van der Waals surface area contributed by atoms with E-state index in [-0.39, 0.29) is 0 Å². The fourth-order valence-corrected chi connectivity index (χ4v) is 3.78. The summed E-state index contributed by atoms with van der Waals surface area (Å²) in [5.74, 6) is 1.27. The van der Waals surface area contributed by atoms with E-state index in [9.17, 15) is 0 Å². The lowest BCUT2D eigenvalue weighted by Gasteiger charge is -2.12. The zero-order valence-electron chi connectivity index (χ0n) is 13.4. The molecule has 0 aromatic carbocycles. The Morgan fingerprint density at radius 1 is 1.25 bits per heavy atom. The van der Waals surface area contributed by atoms with Crippen LogP contribution in [0.25, 0.3) is 0 Å². The third-order valence-corrected chi connectivity index (χ3v) is 5.14. The van der Waals surface area contributed by atoms with Gasteiger partial charge in [0.05, 0.1) is 5.69 Å². The van der Waals surface area contributed by atoms with Crippen LogP contribution in [0.1, 0.15) is 63.4 Å². The van der Waals surface area contributed by atoms with Crippen molar-refractivity contribution in [2.24, 2.45) is 5.92 Å². The van der Waals surface area contributed by atoms with Crippen LogP contribution < -0.4 is 10.2 Å². The molecule has 114 valence electrons. The number of nitrogens with one attached hydrogen (secondary N) is 1. The highest BCUT2D eigenvalue weighted by Crippen LogP contribution is 2.33. The van der Waals surface area contributed by atoms with Crippen LogP contribution in [-0.4, -0.2) is 24.6 Å². The summed E-state index contributed by atoms with van der Waals surface area (Å²) in [6, 6.07) is 0. The van der Waals surface area contributed by atoms with E-state index in [0.29, 0.717) is 11.8 Å². The maximum atomic E-state index is 4.97. The quantitative estimate of drug-likeness (QED) is 0.824. The minimum absolute atomic E-state index is 0.568. The van der Waals surface area contributed by atoms with E-state index >= 15 is 0 Å². The number of hydrogen-bond acceptors (Lipinski definition) is 4. The molecule has 3 nitrogen and oxygen atoms in total. The van der Waals surface area contributed by atoms with Crippen molar-refractivity contribution in [1.82, 2.24) is 10.3 Å². The van der Waals surface area contributed by atoms with E-state index in [2.05, 4.69) is 37.9 Å². The van der Waals surface area contributed by atoms with Gasteiger partial charge >= 0.3 is 0 Å². The van der Waals surface area contributed by atoms with Crippen molar-refractivity contribution in [2.75, 3.05) is 24.5 Å². The molecule has 20 heavy (non-hydrogen) atoms. The summed E-state index contributed by atoms with van der Waals surface area (Å²) < 4.78 is 0. The minimum Gasteiger partial charge on any atom is -0.348 e. The van der Waals surface area contributed by atoms with Crippen molar-refractivity contribution in [3.8, 4) is 0 Å². The highest BCUT2D eigenvalue weighted by atomic mass is 32.1. The van der Waals surface area contributed by atoms with Crippen LogP contribution in [0.2, 0.25) is 0 Å². The first-order valence-electron chi connectivity index (χ1n) is 8.07. The van der Waals surface area contributed by atoms with Gasteiger partial charge in [0.1, 0.15) is 0 Å². The lowest BCUT2D eigenvalue weighted by molar-refractivity contribution is 0.551. The third kappa shape index (κ3) is 3.95. The van der Waals surface area contributed by atoms with Crippen molar-refractivity contribution in [1.29, 1.82) is 0 Å². The summed E-state index contributed by atoms with van der Waals surface area (Å²) in [5, 5.41) is 4.83. The molecule has 2 heterocycles. The Labute approximate surface area is 127 Å². The average molecular weight is 295 g/mol. The smallest absolute Gasteiger partial charge is 0.185 e. The van der Waals surface area contributed by atoms with Gasteiger partial charge in [-0.2, -0.15) is 0 Å². The molecule has 0 bridgehead atoms. The second kappa shape index (κ2) is 7.41. The first-order valence-corrected chi connectivity index (χ1v) is 8.88. The Morgan fingerprint density at radius 3 is 2.55 bits per heavy atom.